The number of piperazine rings is 1. The summed E-state index contributed by atoms with van der Waals surface area (Å²) in [5, 5.41) is 10.3. The van der Waals surface area contributed by atoms with E-state index in [1.807, 2.05) is 24.3 Å². The predicted octanol–water partition coefficient (Wildman–Crippen LogP) is 3.10. The summed E-state index contributed by atoms with van der Waals surface area (Å²) in [5.41, 5.74) is 2.57. The van der Waals surface area contributed by atoms with Crippen LogP contribution in [0.4, 0.5) is 5.82 Å². The SMILES string of the molecule is N#CCc1ccc(CC(=O)N2CCN(c3ncnc4[nH]cc(Cl)c34)CC23CC3)cc1. The van der Waals surface area contributed by atoms with Gasteiger partial charge in [0.2, 0.25) is 5.91 Å². The standard InChI is InChI=1S/C22H21ClN6O/c23-17-12-25-20-19(17)21(27-14-26-20)28-9-10-29(22(13-28)6-7-22)18(30)11-16-3-1-15(2-4-16)5-8-24/h1-4,12,14H,5-7,9-11,13H2,(H,25,26,27). The molecule has 30 heavy (non-hydrogen) atoms. The number of fused-ring (bicyclic) bond motifs is 1. The Bertz CT molecular complexity index is 1140. The molecule has 2 aromatic heterocycles. The number of halogens is 1. The zero-order valence-electron chi connectivity index (χ0n) is 16.4. The number of hydrogen-bond donors (Lipinski definition) is 1. The van der Waals surface area contributed by atoms with Gasteiger partial charge in [0.15, 0.2) is 0 Å². The van der Waals surface area contributed by atoms with Gasteiger partial charge in [-0.2, -0.15) is 5.26 Å². The molecule has 0 bridgehead atoms. The van der Waals surface area contributed by atoms with Crippen LogP contribution in [0.5, 0.6) is 0 Å². The highest BCUT2D eigenvalue weighted by Crippen LogP contribution is 2.46. The van der Waals surface area contributed by atoms with Crippen molar-refractivity contribution in [2.24, 2.45) is 0 Å². The fourth-order valence-electron chi connectivity index (χ4n) is 4.41. The molecule has 8 heteroatoms. The van der Waals surface area contributed by atoms with Crippen LogP contribution < -0.4 is 4.90 Å². The monoisotopic (exact) mass is 420 g/mol. The second-order valence-corrected chi connectivity index (χ2v) is 8.48. The molecule has 0 radical (unpaired) electrons. The number of nitrogens with zero attached hydrogens (tertiary/aromatic N) is 5. The van der Waals surface area contributed by atoms with E-state index in [4.69, 9.17) is 16.9 Å². The van der Waals surface area contributed by atoms with Crippen molar-refractivity contribution in [1.82, 2.24) is 19.9 Å². The molecule has 1 saturated carbocycles. The Morgan fingerprint density at radius 1 is 1.20 bits per heavy atom. The first-order valence-corrected chi connectivity index (χ1v) is 10.5. The number of rotatable bonds is 4. The lowest BCUT2D eigenvalue weighted by atomic mass is 10.0. The summed E-state index contributed by atoms with van der Waals surface area (Å²) >= 11 is 6.36. The first-order valence-electron chi connectivity index (χ1n) is 10.1. The number of aromatic amines is 1. The average molecular weight is 421 g/mol. The van der Waals surface area contributed by atoms with Crippen LogP contribution in [0.1, 0.15) is 24.0 Å². The number of hydrogen-bond acceptors (Lipinski definition) is 5. The van der Waals surface area contributed by atoms with Crippen LogP contribution >= 0.6 is 11.6 Å². The minimum Gasteiger partial charge on any atom is -0.352 e. The van der Waals surface area contributed by atoms with E-state index >= 15 is 0 Å². The van der Waals surface area contributed by atoms with Crippen molar-refractivity contribution in [2.45, 2.75) is 31.2 Å². The van der Waals surface area contributed by atoms with Gasteiger partial charge in [-0.1, -0.05) is 35.9 Å². The Kier molecular flexibility index (Phi) is 4.59. The first-order chi connectivity index (χ1) is 14.6. The topological polar surface area (TPSA) is 88.9 Å². The van der Waals surface area contributed by atoms with Crippen molar-refractivity contribution in [1.29, 1.82) is 5.26 Å². The summed E-state index contributed by atoms with van der Waals surface area (Å²) in [6, 6.07) is 9.90. The zero-order valence-corrected chi connectivity index (χ0v) is 17.2. The van der Waals surface area contributed by atoms with Gasteiger partial charge in [-0.3, -0.25) is 4.79 Å². The number of carbonyl (C=O) groups excluding carboxylic acids is 1. The summed E-state index contributed by atoms with van der Waals surface area (Å²) < 4.78 is 0. The molecular weight excluding hydrogens is 400 g/mol. The Morgan fingerprint density at radius 3 is 2.70 bits per heavy atom. The van der Waals surface area contributed by atoms with Gasteiger partial charge in [0.25, 0.3) is 0 Å². The fraction of sp³-hybridized carbons (Fsp3) is 0.364. The minimum absolute atomic E-state index is 0.115. The highest BCUT2D eigenvalue weighted by Gasteiger charge is 2.53. The smallest absolute Gasteiger partial charge is 0.227 e. The number of nitriles is 1. The largest absolute Gasteiger partial charge is 0.352 e. The van der Waals surface area contributed by atoms with E-state index in [2.05, 4.69) is 30.8 Å². The van der Waals surface area contributed by atoms with E-state index in [1.54, 1.807) is 12.5 Å². The Morgan fingerprint density at radius 2 is 1.97 bits per heavy atom. The van der Waals surface area contributed by atoms with Crippen molar-refractivity contribution in [2.75, 3.05) is 24.5 Å². The maximum absolute atomic E-state index is 13.1. The molecule has 1 aliphatic heterocycles. The van der Waals surface area contributed by atoms with Crippen molar-refractivity contribution in [3.05, 3.63) is 52.9 Å². The van der Waals surface area contributed by atoms with Crippen molar-refractivity contribution < 1.29 is 4.79 Å². The van der Waals surface area contributed by atoms with Crippen LogP contribution in [0.25, 0.3) is 11.0 Å². The summed E-state index contributed by atoms with van der Waals surface area (Å²) in [4.78, 5) is 29.2. The lowest BCUT2D eigenvalue weighted by Crippen LogP contribution is -2.57. The molecule has 1 amide bonds. The average Bonchev–Trinajstić information content (AvgIpc) is 3.41. The third kappa shape index (κ3) is 3.27. The first kappa shape index (κ1) is 18.9. The molecule has 0 atom stereocenters. The van der Waals surface area contributed by atoms with E-state index in [0.29, 0.717) is 31.0 Å². The molecule has 1 spiro atoms. The number of benzene rings is 1. The predicted molar refractivity (Wildman–Crippen MR) is 114 cm³/mol. The van der Waals surface area contributed by atoms with Gasteiger partial charge in [-0.15, -0.1) is 0 Å². The van der Waals surface area contributed by atoms with E-state index in [-0.39, 0.29) is 11.4 Å². The van der Waals surface area contributed by atoms with E-state index in [1.165, 1.54) is 0 Å². The van der Waals surface area contributed by atoms with Gasteiger partial charge >= 0.3 is 0 Å². The normalized spacial score (nSPS) is 17.3. The van der Waals surface area contributed by atoms with Gasteiger partial charge in [0, 0.05) is 25.8 Å². The Labute approximate surface area is 179 Å². The molecule has 152 valence electrons. The number of amides is 1. The van der Waals surface area contributed by atoms with E-state index < -0.39 is 0 Å². The number of anilines is 1. The Hall–Kier alpha value is -3.11. The van der Waals surface area contributed by atoms with Gasteiger partial charge in [0.05, 0.1) is 34.9 Å². The third-order valence-corrected chi connectivity index (χ3v) is 6.44. The Balaban J connectivity index is 1.32. The number of aromatic nitrogens is 3. The fourth-order valence-corrected chi connectivity index (χ4v) is 4.63. The highest BCUT2D eigenvalue weighted by atomic mass is 35.5. The van der Waals surface area contributed by atoms with Crippen LogP contribution in [0.15, 0.2) is 36.8 Å². The van der Waals surface area contributed by atoms with Gasteiger partial charge in [-0.25, -0.2) is 9.97 Å². The molecule has 2 fully saturated rings. The molecule has 3 heterocycles. The maximum Gasteiger partial charge on any atom is 0.227 e. The molecule has 1 aromatic carbocycles. The number of carbonyl (C=O) groups is 1. The van der Waals surface area contributed by atoms with Gasteiger partial charge < -0.3 is 14.8 Å². The molecule has 2 aliphatic rings. The van der Waals surface area contributed by atoms with Crippen LogP contribution in [0.3, 0.4) is 0 Å². The second kappa shape index (κ2) is 7.29. The van der Waals surface area contributed by atoms with Gasteiger partial charge in [0.1, 0.15) is 17.8 Å². The third-order valence-electron chi connectivity index (χ3n) is 6.14. The molecule has 1 N–H and O–H groups in total. The number of H-pyrrole nitrogens is 1. The lowest BCUT2D eigenvalue weighted by molar-refractivity contribution is -0.134. The molecule has 5 rings (SSSR count). The quantitative estimate of drug-likeness (QED) is 0.700. The summed E-state index contributed by atoms with van der Waals surface area (Å²) in [7, 11) is 0. The summed E-state index contributed by atoms with van der Waals surface area (Å²) in [6.45, 7) is 2.13. The van der Waals surface area contributed by atoms with E-state index in [0.717, 1.165) is 47.4 Å². The molecule has 1 saturated heterocycles. The molecular formula is C22H21ClN6O. The summed E-state index contributed by atoms with van der Waals surface area (Å²) in [6.07, 6.45) is 6.07. The van der Waals surface area contributed by atoms with E-state index in [9.17, 15) is 4.79 Å². The van der Waals surface area contributed by atoms with Crippen molar-refractivity contribution >= 4 is 34.4 Å². The van der Waals surface area contributed by atoms with Crippen LogP contribution in [-0.4, -0.2) is 50.9 Å². The van der Waals surface area contributed by atoms with Crippen molar-refractivity contribution in [3.8, 4) is 6.07 Å². The maximum atomic E-state index is 13.1. The van der Waals surface area contributed by atoms with Crippen LogP contribution in [-0.2, 0) is 17.6 Å². The molecule has 0 unspecified atom stereocenters. The molecule has 7 nitrogen and oxygen atoms in total. The lowest BCUT2D eigenvalue weighted by Gasteiger charge is -2.43. The summed E-state index contributed by atoms with van der Waals surface area (Å²) in [5.74, 6) is 0.991. The minimum atomic E-state index is -0.115. The zero-order chi connectivity index (χ0) is 20.7. The highest BCUT2D eigenvalue weighted by molar-refractivity contribution is 6.36. The van der Waals surface area contributed by atoms with Crippen molar-refractivity contribution in [3.63, 3.8) is 0 Å². The molecule has 1 aliphatic carbocycles. The molecule has 3 aromatic rings. The van der Waals surface area contributed by atoms with Gasteiger partial charge in [-0.05, 0) is 24.0 Å². The second-order valence-electron chi connectivity index (χ2n) is 8.08. The van der Waals surface area contributed by atoms with Crippen LogP contribution in [0.2, 0.25) is 5.02 Å². The number of nitrogens with one attached hydrogen (secondary N) is 1. The van der Waals surface area contributed by atoms with Crippen LogP contribution in [0, 0.1) is 11.3 Å².